The Bertz CT molecular complexity index is 192. The zero-order valence-electron chi connectivity index (χ0n) is 4.88. The quantitative estimate of drug-likeness (QED) is 0.412. The number of carbonyl (C=O) groups excluding carboxylic acids is 3. The van der Waals surface area contributed by atoms with Gasteiger partial charge in [0.25, 0.3) is 5.78 Å². The molecule has 1 aliphatic rings. The van der Waals surface area contributed by atoms with Crippen LogP contribution in [0, 0.1) is 12.3 Å². The van der Waals surface area contributed by atoms with Gasteiger partial charge < -0.3 is 0 Å². The van der Waals surface area contributed by atoms with Crippen molar-refractivity contribution in [2.45, 2.75) is 6.92 Å². The van der Waals surface area contributed by atoms with Gasteiger partial charge in [0.15, 0.2) is 0 Å². The van der Waals surface area contributed by atoms with Gasteiger partial charge in [-0.15, -0.1) is 0 Å². The molecule has 1 radical (unpaired) electrons. The zero-order valence-corrected chi connectivity index (χ0v) is 4.88. The topological polar surface area (TPSA) is 51.2 Å². The van der Waals surface area contributed by atoms with Gasteiger partial charge in [0, 0.05) is 12.3 Å². The van der Waals surface area contributed by atoms with E-state index in [9.17, 15) is 14.4 Å². The Morgan fingerprint density at radius 2 is 1.89 bits per heavy atom. The maximum Gasteiger partial charge on any atom is 0.264 e. The van der Waals surface area contributed by atoms with Crippen molar-refractivity contribution in [2.24, 2.45) is 5.92 Å². The van der Waals surface area contributed by atoms with Gasteiger partial charge in [-0.2, -0.15) is 0 Å². The van der Waals surface area contributed by atoms with Gasteiger partial charge in [-0.1, -0.05) is 6.92 Å². The third kappa shape index (κ3) is 0.781. The Hall–Kier alpha value is -0.990. The van der Waals surface area contributed by atoms with Crippen molar-refractivity contribution < 1.29 is 14.4 Å². The van der Waals surface area contributed by atoms with E-state index in [1.54, 1.807) is 0 Å². The lowest BCUT2D eigenvalue weighted by Gasteiger charge is -1.87. The molecular formula is C6H5O3. The minimum Gasteiger partial charge on any atom is -0.290 e. The second kappa shape index (κ2) is 1.76. The lowest BCUT2D eigenvalue weighted by molar-refractivity contribution is -0.140. The second-order valence-corrected chi connectivity index (χ2v) is 2.01. The normalized spacial score (nSPS) is 27.7. The molecule has 0 heterocycles. The predicted molar refractivity (Wildman–Crippen MR) is 28.5 cm³/mol. The fraction of sp³-hybridized carbons (Fsp3) is 0.333. The summed E-state index contributed by atoms with van der Waals surface area (Å²) in [5.74, 6) is -2.61. The Morgan fingerprint density at radius 3 is 2.00 bits per heavy atom. The molecule has 1 fully saturated rings. The fourth-order valence-electron chi connectivity index (χ4n) is 0.707. The molecule has 0 aromatic heterocycles. The number of hydrogen-bond acceptors (Lipinski definition) is 3. The van der Waals surface area contributed by atoms with Crippen molar-refractivity contribution in [1.82, 2.24) is 0 Å². The molecule has 1 saturated carbocycles. The van der Waals surface area contributed by atoms with Crippen LogP contribution in [0.5, 0.6) is 0 Å². The van der Waals surface area contributed by atoms with E-state index in [1.807, 2.05) is 0 Å². The highest BCUT2D eigenvalue weighted by Gasteiger charge is 2.36. The minimum absolute atomic E-state index is 0.495. The molecule has 0 saturated heterocycles. The summed E-state index contributed by atoms with van der Waals surface area (Å²) in [6, 6.07) is 0. The molecule has 0 N–H and O–H groups in total. The maximum absolute atomic E-state index is 10.5. The van der Waals surface area contributed by atoms with Crippen molar-refractivity contribution in [3.8, 4) is 0 Å². The standard InChI is InChI=1S/C6H5O3/c1-3-2-4(7)6(9)5(3)8/h2-3H,1H3. The van der Waals surface area contributed by atoms with Gasteiger partial charge >= 0.3 is 0 Å². The van der Waals surface area contributed by atoms with E-state index in [2.05, 4.69) is 0 Å². The smallest absolute Gasteiger partial charge is 0.264 e. The van der Waals surface area contributed by atoms with E-state index in [4.69, 9.17) is 0 Å². The van der Waals surface area contributed by atoms with Crippen LogP contribution in [0.4, 0.5) is 0 Å². The molecule has 9 heavy (non-hydrogen) atoms. The third-order valence-corrected chi connectivity index (χ3v) is 1.26. The molecular weight excluding hydrogens is 120 g/mol. The number of hydrogen-bond donors (Lipinski definition) is 0. The highest BCUT2D eigenvalue weighted by Crippen LogP contribution is 2.12. The summed E-state index contributed by atoms with van der Waals surface area (Å²) in [7, 11) is 0. The molecule has 0 spiro atoms. The van der Waals surface area contributed by atoms with Gasteiger partial charge in [0.05, 0.1) is 0 Å². The number of ketones is 3. The number of Topliss-reactive ketones (excluding diaryl/α,β-unsaturated/α-hetero) is 3. The molecule has 3 nitrogen and oxygen atoms in total. The summed E-state index contributed by atoms with van der Waals surface area (Å²) < 4.78 is 0. The van der Waals surface area contributed by atoms with Crippen LogP contribution in [0.15, 0.2) is 0 Å². The lowest BCUT2D eigenvalue weighted by atomic mass is 10.1. The maximum atomic E-state index is 10.5. The summed E-state index contributed by atoms with van der Waals surface area (Å²) >= 11 is 0. The molecule has 0 aromatic rings. The molecule has 1 aliphatic carbocycles. The predicted octanol–water partition coefficient (Wildman–Crippen LogP) is -0.452. The highest BCUT2D eigenvalue weighted by atomic mass is 16.2. The SMILES string of the molecule is CC1[CH]C(=O)C(=O)C1=O. The minimum atomic E-state index is -0.873. The summed E-state index contributed by atoms with van der Waals surface area (Å²) in [5.41, 5.74) is 0. The number of carbonyl (C=O) groups is 3. The van der Waals surface area contributed by atoms with Crippen molar-refractivity contribution in [3.63, 3.8) is 0 Å². The second-order valence-electron chi connectivity index (χ2n) is 2.01. The lowest BCUT2D eigenvalue weighted by Crippen LogP contribution is -2.14. The average Bonchev–Trinajstić information content (AvgIpc) is 1.98. The van der Waals surface area contributed by atoms with Gasteiger partial charge in [-0.3, -0.25) is 14.4 Å². The fourth-order valence-corrected chi connectivity index (χ4v) is 0.707. The van der Waals surface area contributed by atoms with E-state index in [-0.39, 0.29) is 0 Å². The van der Waals surface area contributed by atoms with Crippen LogP contribution in [0.2, 0.25) is 0 Å². The van der Waals surface area contributed by atoms with Crippen LogP contribution in [-0.2, 0) is 14.4 Å². The Morgan fingerprint density at radius 1 is 1.33 bits per heavy atom. The Balaban J connectivity index is 2.90. The molecule has 0 aliphatic heterocycles. The highest BCUT2D eigenvalue weighted by molar-refractivity contribution is 6.69. The largest absolute Gasteiger partial charge is 0.290 e. The molecule has 1 rings (SSSR count). The summed E-state index contributed by atoms with van der Waals surface area (Å²) in [6.07, 6.45) is 1.14. The monoisotopic (exact) mass is 125 g/mol. The number of rotatable bonds is 0. The summed E-state index contributed by atoms with van der Waals surface area (Å²) in [5, 5.41) is 0. The first-order valence-corrected chi connectivity index (χ1v) is 2.60. The van der Waals surface area contributed by atoms with E-state index in [1.165, 1.54) is 6.92 Å². The van der Waals surface area contributed by atoms with Crippen LogP contribution < -0.4 is 0 Å². The van der Waals surface area contributed by atoms with Crippen molar-refractivity contribution in [2.75, 3.05) is 0 Å². The summed E-state index contributed by atoms with van der Waals surface area (Å²) in [6.45, 7) is 1.53. The van der Waals surface area contributed by atoms with Crippen molar-refractivity contribution in [3.05, 3.63) is 6.42 Å². The van der Waals surface area contributed by atoms with E-state index in [0.717, 1.165) is 6.42 Å². The molecule has 1 unspecified atom stereocenters. The van der Waals surface area contributed by atoms with E-state index in [0.29, 0.717) is 0 Å². The van der Waals surface area contributed by atoms with Gasteiger partial charge in [0.2, 0.25) is 11.6 Å². The molecule has 0 amide bonds. The van der Waals surface area contributed by atoms with E-state index >= 15 is 0 Å². The first kappa shape index (κ1) is 6.13. The first-order valence-electron chi connectivity index (χ1n) is 2.60. The molecule has 1 atom stereocenters. The van der Waals surface area contributed by atoms with Gasteiger partial charge in [-0.25, -0.2) is 0 Å². The molecule has 0 bridgehead atoms. The molecule has 47 valence electrons. The third-order valence-electron chi connectivity index (χ3n) is 1.26. The van der Waals surface area contributed by atoms with Gasteiger partial charge in [0.1, 0.15) is 0 Å². The molecule has 0 aromatic carbocycles. The Kier molecular flexibility index (Phi) is 1.20. The van der Waals surface area contributed by atoms with Crippen molar-refractivity contribution >= 4 is 17.3 Å². The van der Waals surface area contributed by atoms with Crippen LogP contribution in [0.3, 0.4) is 0 Å². The zero-order chi connectivity index (χ0) is 7.02. The molecule has 3 heteroatoms. The van der Waals surface area contributed by atoms with Crippen LogP contribution in [0.1, 0.15) is 6.92 Å². The van der Waals surface area contributed by atoms with E-state index < -0.39 is 23.3 Å². The summed E-state index contributed by atoms with van der Waals surface area (Å²) in [4.78, 5) is 31.3. The van der Waals surface area contributed by atoms with Gasteiger partial charge in [-0.05, 0) is 0 Å². The van der Waals surface area contributed by atoms with Crippen molar-refractivity contribution in [1.29, 1.82) is 0 Å². The first-order chi connectivity index (χ1) is 4.13. The van der Waals surface area contributed by atoms with Crippen LogP contribution in [-0.4, -0.2) is 17.3 Å². The average molecular weight is 125 g/mol. The Labute approximate surface area is 52.0 Å². The van der Waals surface area contributed by atoms with Crippen LogP contribution in [0.25, 0.3) is 0 Å². The van der Waals surface area contributed by atoms with Crippen LogP contribution >= 0.6 is 0 Å².